The molecule has 0 fully saturated rings. The third-order valence-corrected chi connectivity index (χ3v) is 4.05. The summed E-state index contributed by atoms with van der Waals surface area (Å²) in [5, 5.41) is 6.90. The molecule has 0 aliphatic heterocycles. The van der Waals surface area contributed by atoms with Gasteiger partial charge in [-0.3, -0.25) is 4.79 Å². The molecule has 0 aliphatic rings. The molecule has 0 aliphatic carbocycles. The van der Waals surface area contributed by atoms with E-state index >= 15 is 0 Å². The summed E-state index contributed by atoms with van der Waals surface area (Å²) in [4.78, 5) is 25.0. The maximum absolute atomic E-state index is 12.5. The zero-order valence-corrected chi connectivity index (χ0v) is 14.4. The van der Waals surface area contributed by atoms with Gasteiger partial charge in [0.05, 0.1) is 16.3 Å². The molecule has 0 spiro atoms. The predicted octanol–water partition coefficient (Wildman–Crippen LogP) is 4.52. The van der Waals surface area contributed by atoms with E-state index in [0.717, 1.165) is 11.8 Å². The molecule has 5 nitrogen and oxygen atoms in total. The van der Waals surface area contributed by atoms with E-state index in [4.69, 9.17) is 16.0 Å². The van der Waals surface area contributed by atoms with Crippen molar-refractivity contribution in [2.75, 3.05) is 17.2 Å². The topological polar surface area (TPSA) is 71.3 Å². The lowest BCUT2D eigenvalue weighted by molar-refractivity contribution is 0.102. The maximum atomic E-state index is 12.5. The zero-order valence-electron chi connectivity index (χ0n) is 13.6. The van der Waals surface area contributed by atoms with Gasteiger partial charge >= 0.3 is 5.63 Å². The Labute approximate surface area is 149 Å². The molecule has 128 valence electrons. The number of carbonyl (C=O) groups is 1. The van der Waals surface area contributed by atoms with Crippen molar-refractivity contribution in [2.45, 2.75) is 13.3 Å². The van der Waals surface area contributed by atoms with Crippen molar-refractivity contribution in [1.29, 1.82) is 0 Å². The Morgan fingerprint density at radius 1 is 1.08 bits per heavy atom. The molecular formula is C19H17ClN2O3. The Bertz CT molecular complexity index is 982. The first-order valence-electron chi connectivity index (χ1n) is 7.97. The van der Waals surface area contributed by atoms with Crippen molar-refractivity contribution in [3.05, 3.63) is 69.5 Å². The largest absolute Gasteiger partial charge is 0.421 e. The standard InChI is InChI=1S/C19H17ClN2O3/c1-2-11-21-16-13-8-4-6-10-15(13)25-19(24)17(16)22-18(23)12-7-3-5-9-14(12)20/h3-10,21H,2,11H2,1H3,(H,22,23). The van der Waals surface area contributed by atoms with Crippen LogP contribution in [0.2, 0.25) is 5.02 Å². The molecule has 2 N–H and O–H groups in total. The van der Waals surface area contributed by atoms with Crippen LogP contribution < -0.4 is 16.3 Å². The van der Waals surface area contributed by atoms with Crippen molar-refractivity contribution in [3.63, 3.8) is 0 Å². The summed E-state index contributed by atoms with van der Waals surface area (Å²) in [6.45, 7) is 2.67. The minimum Gasteiger partial charge on any atom is -0.421 e. The van der Waals surface area contributed by atoms with Crippen molar-refractivity contribution < 1.29 is 9.21 Å². The summed E-state index contributed by atoms with van der Waals surface area (Å²) in [5.74, 6) is -0.465. The second-order valence-electron chi connectivity index (χ2n) is 5.50. The molecular weight excluding hydrogens is 340 g/mol. The van der Waals surface area contributed by atoms with Crippen molar-refractivity contribution >= 4 is 39.9 Å². The summed E-state index contributed by atoms with van der Waals surface area (Å²) >= 11 is 6.07. The molecule has 3 aromatic rings. The van der Waals surface area contributed by atoms with Crippen molar-refractivity contribution in [3.8, 4) is 0 Å². The van der Waals surface area contributed by atoms with Gasteiger partial charge in [-0.1, -0.05) is 42.8 Å². The average Bonchev–Trinajstić information content (AvgIpc) is 2.61. The van der Waals surface area contributed by atoms with Gasteiger partial charge < -0.3 is 15.1 Å². The van der Waals surface area contributed by atoms with Gasteiger partial charge in [0.2, 0.25) is 0 Å². The predicted molar refractivity (Wildman–Crippen MR) is 101 cm³/mol. The number of fused-ring (bicyclic) bond motifs is 1. The van der Waals surface area contributed by atoms with Gasteiger partial charge in [-0.05, 0) is 30.7 Å². The van der Waals surface area contributed by atoms with Gasteiger partial charge in [0.1, 0.15) is 5.58 Å². The molecule has 0 bridgehead atoms. The smallest absolute Gasteiger partial charge is 0.362 e. The highest BCUT2D eigenvalue weighted by Crippen LogP contribution is 2.29. The van der Waals surface area contributed by atoms with E-state index in [0.29, 0.717) is 22.8 Å². The lowest BCUT2D eigenvalue weighted by Crippen LogP contribution is -2.20. The molecule has 25 heavy (non-hydrogen) atoms. The summed E-state index contributed by atoms with van der Waals surface area (Å²) in [6.07, 6.45) is 0.868. The molecule has 1 amide bonds. The van der Waals surface area contributed by atoms with Gasteiger partial charge in [0.25, 0.3) is 5.91 Å². The van der Waals surface area contributed by atoms with E-state index < -0.39 is 11.5 Å². The number of anilines is 2. The first kappa shape index (κ1) is 17.0. The van der Waals surface area contributed by atoms with E-state index in [1.54, 1.807) is 36.4 Å². The number of nitrogens with one attached hydrogen (secondary N) is 2. The fraction of sp³-hybridized carbons (Fsp3) is 0.158. The summed E-state index contributed by atoms with van der Waals surface area (Å²) in [7, 11) is 0. The lowest BCUT2D eigenvalue weighted by Gasteiger charge is -2.14. The number of hydrogen-bond acceptors (Lipinski definition) is 4. The molecule has 6 heteroatoms. The molecule has 1 heterocycles. The van der Waals surface area contributed by atoms with E-state index in [-0.39, 0.29) is 11.3 Å². The third kappa shape index (κ3) is 3.51. The monoisotopic (exact) mass is 356 g/mol. The Balaban J connectivity index is 2.08. The van der Waals surface area contributed by atoms with Gasteiger partial charge in [-0.15, -0.1) is 0 Å². The fourth-order valence-electron chi connectivity index (χ4n) is 2.52. The Hall–Kier alpha value is -2.79. The fourth-order valence-corrected chi connectivity index (χ4v) is 2.74. The van der Waals surface area contributed by atoms with E-state index in [9.17, 15) is 9.59 Å². The molecule has 0 unspecified atom stereocenters. The van der Waals surface area contributed by atoms with Gasteiger partial charge in [-0.2, -0.15) is 0 Å². The van der Waals surface area contributed by atoms with Crippen LogP contribution >= 0.6 is 11.6 Å². The molecule has 1 aromatic heterocycles. The van der Waals surface area contributed by atoms with Crippen LogP contribution in [0.1, 0.15) is 23.7 Å². The first-order valence-corrected chi connectivity index (χ1v) is 8.35. The van der Waals surface area contributed by atoms with Gasteiger partial charge in [0.15, 0.2) is 5.69 Å². The number of hydrogen-bond donors (Lipinski definition) is 2. The van der Waals surface area contributed by atoms with Gasteiger partial charge in [-0.25, -0.2) is 4.79 Å². The lowest BCUT2D eigenvalue weighted by atomic mass is 10.1. The minimum absolute atomic E-state index is 0.0806. The second-order valence-corrected chi connectivity index (χ2v) is 5.90. The van der Waals surface area contributed by atoms with Crippen LogP contribution in [0.3, 0.4) is 0 Å². The highest BCUT2D eigenvalue weighted by atomic mass is 35.5. The first-order chi connectivity index (χ1) is 12.1. The average molecular weight is 357 g/mol. The normalized spacial score (nSPS) is 10.6. The number of rotatable bonds is 5. The van der Waals surface area contributed by atoms with Crippen LogP contribution in [0, 0.1) is 0 Å². The van der Waals surface area contributed by atoms with Crippen LogP contribution in [0.5, 0.6) is 0 Å². The van der Waals surface area contributed by atoms with Crippen LogP contribution in [0.15, 0.2) is 57.7 Å². The number of carbonyl (C=O) groups excluding carboxylic acids is 1. The van der Waals surface area contributed by atoms with Crippen LogP contribution in [-0.2, 0) is 0 Å². The quantitative estimate of drug-likeness (QED) is 0.659. The Morgan fingerprint density at radius 3 is 2.56 bits per heavy atom. The summed E-state index contributed by atoms with van der Waals surface area (Å²) in [5.41, 5.74) is 0.767. The molecule has 0 saturated carbocycles. The Morgan fingerprint density at radius 2 is 1.80 bits per heavy atom. The SMILES string of the molecule is CCCNc1c(NC(=O)c2ccccc2Cl)c(=O)oc2ccccc12. The number of benzene rings is 2. The number of halogens is 1. The van der Waals surface area contributed by atoms with Crippen LogP contribution in [0.25, 0.3) is 11.0 Å². The van der Waals surface area contributed by atoms with Crippen molar-refractivity contribution in [1.82, 2.24) is 0 Å². The minimum atomic E-state index is -0.613. The molecule has 0 saturated heterocycles. The van der Waals surface area contributed by atoms with Gasteiger partial charge in [0, 0.05) is 11.9 Å². The van der Waals surface area contributed by atoms with E-state index in [2.05, 4.69) is 10.6 Å². The molecule has 0 radical (unpaired) electrons. The summed E-state index contributed by atoms with van der Waals surface area (Å²) < 4.78 is 5.34. The number of amides is 1. The van der Waals surface area contributed by atoms with E-state index in [1.165, 1.54) is 0 Å². The molecule has 2 aromatic carbocycles. The maximum Gasteiger partial charge on any atom is 0.362 e. The third-order valence-electron chi connectivity index (χ3n) is 3.72. The Kier molecular flexibility index (Phi) is 5.05. The second kappa shape index (κ2) is 7.40. The summed E-state index contributed by atoms with van der Waals surface area (Å²) in [6, 6.07) is 13.8. The molecule has 3 rings (SSSR count). The highest BCUT2D eigenvalue weighted by Gasteiger charge is 2.18. The number of para-hydroxylation sites is 1. The van der Waals surface area contributed by atoms with Crippen molar-refractivity contribution in [2.24, 2.45) is 0 Å². The van der Waals surface area contributed by atoms with E-state index in [1.807, 2.05) is 19.1 Å². The molecule has 0 atom stereocenters. The van der Waals surface area contributed by atoms with Crippen LogP contribution in [-0.4, -0.2) is 12.5 Å². The zero-order chi connectivity index (χ0) is 17.8. The van der Waals surface area contributed by atoms with Crippen LogP contribution in [0.4, 0.5) is 11.4 Å². The highest BCUT2D eigenvalue weighted by molar-refractivity contribution is 6.34.